The summed E-state index contributed by atoms with van der Waals surface area (Å²) in [7, 11) is 0. The van der Waals surface area contributed by atoms with Gasteiger partial charge in [0.1, 0.15) is 5.82 Å². The summed E-state index contributed by atoms with van der Waals surface area (Å²) in [6.07, 6.45) is 1.93. The van der Waals surface area contributed by atoms with Gasteiger partial charge < -0.3 is 5.11 Å². The predicted octanol–water partition coefficient (Wildman–Crippen LogP) is 4.33. The molecule has 0 aliphatic heterocycles. The minimum Gasteiger partial charge on any atom is -0.478 e. The Bertz CT molecular complexity index is 847. The summed E-state index contributed by atoms with van der Waals surface area (Å²) in [4.78, 5) is 11.4. The van der Waals surface area contributed by atoms with Crippen molar-refractivity contribution in [2.75, 3.05) is 0 Å². The number of benzene rings is 2. The van der Waals surface area contributed by atoms with Crippen LogP contribution in [0.15, 0.2) is 36.5 Å². The van der Waals surface area contributed by atoms with E-state index in [-0.39, 0.29) is 17.8 Å². The van der Waals surface area contributed by atoms with Crippen LogP contribution >= 0.6 is 34.1 Å². The van der Waals surface area contributed by atoms with Crippen LogP contribution in [0.1, 0.15) is 21.5 Å². The lowest BCUT2D eigenvalue weighted by Crippen LogP contribution is -2.04. The number of hydrogen-bond acceptors (Lipinski definition) is 3. The third-order valence-electron chi connectivity index (χ3n) is 3.24. The number of nitrogens with zero attached hydrogens (tertiary/aromatic N) is 1. The molecule has 0 aliphatic rings. The lowest BCUT2D eigenvalue weighted by atomic mass is 9.98. The van der Waals surface area contributed by atoms with Gasteiger partial charge in [-0.25, -0.2) is 9.18 Å². The SMILES string of the molecule is O=C(O)c1ccc2cnsc2c1Cc1ccc(I)cc1F. The Morgan fingerprint density at radius 1 is 1.33 bits per heavy atom. The van der Waals surface area contributed by atoms with Crippen molar-refractivity contribution in [3.63, 3.8) is 0 Å². The van der Waals surface area contributed by atoms with Gasteiger partial charge >= 0.3 is 5.97 Å². The van der Waals surface area contributed by atoms with Crippen molar-refractivity contribution in [2.24, 2.45) is 0 Å². The number of carboxylic acid groups (broad SMARTS) is 1. The molecular formula is C15H9FINO2S. The summed E-state index contributed by atoms with van der Waals surface area (Å²) in [6, 6.07) is 8.24. The molecule has 0 amide bonds. The fourth-order valence-corrected chi connectivity index (χ4v) is 3.47. The van der Waals surface area contributed by atoms with Crippen LogP contribution in [0.25, 0.3) is 10.1 Å². The second kappa shape index (κ2) is 5.69. The molecule has 106 valence electrons. The fraction of sp³-hybridized carbons (Fsp3) is 0.0667. The molecule has 0 aliphatic carbocycles. The van der Waals surface area contributed by atoms with E-state index >= 15 is 0 Å². The molecule has 1 N–H and O–H groups in total. The lowest BCUT2D eigenvalue weighted by Gasteiger charge is -2.09. The number of carboxylic acids is 1. The van der Waals surface area contributed by atoms with Crippen LogP contribution in [-0.2, 0) is 6.42 Å². The van der Waals surface area contributed by atoms with E-state index in [1.807, 2.05) is 28.7 Å². The van der Waals surface area contributed by atoms with Gasteiger partial charge in [-0.15, -0.1) is 0 Å². The van der Waals surface area contributed by atoms with Crippen molar-refractivity contribution >= 4 is 50.2 Å². The number of aromatic carboxylic acids is 1. The predicted molar refractivity (Wildman–Crippen MR) is 88.5 cm³/mol. The molecule has 1 heterocycles. The first-order valence-electron chi connectivity index (χ1n) is 6.10. The summed E-state index contributed by atoms with van der Waals surface area (Å²) in [5.74, 6) is -1.33. The Balaban J connectivity index is 2.16. The highest BCUT2D eigenvalue weighted by molar-refractivity contribution is 14.1. The first kappa shape index (κ1) is 14.4. The maximum atomic E-state index is 14.0. The highest BCUT2D eigenvalue weighted by Gasteiger charge is 2.17. The Hall–Kier alpha value is -1.54. The van der Waals surface area contributed by atoms with E-state index < -0.39 is 5.97 Å². The van der Waals surface area contributed by atoms with Crippen LogP contribution in [0.4, 0.5) is 4.39 Å². The van der Waals surface area contributed by atoms with E-state index in [1.54, 1.807) is 24.4 Å². The number of carbonyl (C=O) groups is 1. The zero-order valence-electron chi connectivity index (χ0n) is 10.6. The van der Waals surface area contributed by atoms with Crippen LogP contribution < -0.4 is 0 Å². The van der Waals surface area contributed by atoms with E-state index in [4.69, 9.17) is 0 Å². The smallest absolute Gasteiger partial charge is 0.336 e. The number of rotatable bonds is 3. The van der Waals surface area contributed by atoms with Gasteiger partial charge in [-0.05, 0) is 63.4 Å². The minimum atomic E-state index is -1.01. The molecule has 0 radical (unpaired) electrons. The van der Waals surface area contributed by atoms with Crippen LogP contribution in [0.2, 0.25) is 0 Å². The molecule has 0 unspecified atom stereocenters. The maximum absolute atomic E-state index is 14.0. The van der Waals surface area contributed by atoms with Gasteiger partial charge in [0.2, 0.25) is 0 Å². The van der Waals surface area contributed by atoms with E-state index in [1.165, 1.54) is 17.6 Å². The lowest BCUT2D eigenvalue weighted by molar-refractivity contribution is 0.0696. The summed E-state index contributed by atoms with van der Waals surface area (Å²) < 4.78 is 19.7. The van der Waals surface area contributed by atoms with Crippen molar-refractivity contribution in [3.8, 4) is 0 Å². The molecular weight excluding hydrogens is 404 g/mol. The van der Waals surface area contributed by atoms with Crippen LogP contribution in [-0.4, -0.2) is 15.4 Å². The van der Waals surface area contributed by atoms with E-state index in [0.29, 0.717) is 11.1 Å². The van der Waals surface area contributed by atoms with Crippen LogP contribution in [0.3, 0.4) is 0 Å². The first-order chi connectivity index (χ1) is 10.1. The molecule has 0 saturated heterocycles. The minimum absolute atomic E-state index is 0.199. The molecule has 6 heteroatoms. The van der Waals surface area contributed by atoms with Gasteiger partial charge in [-0.3, -0.25) is 0 Å². The molecule has 0 bridgehead atoms. The van der Waals surface area contributed by atoms with Crippen molar-refractivity contribution < 1.29 is 14.3 Å². The zero-order valence-corrected chi connectivity index (χ0v) is 13.6. The number of aromatic nitrogens is 1. The molecule has 3 rings (SSSR count). The van der Waals surface area contributed by atoms with Crippen LogP contribution in [0, 0.1) is 9.39 Å². The summed E-state index contributed by atoms with van der Waals surface area (Å²) in [5, 5.41) is 10.2. The average molecular weight is 413 g/mol. The monoisotopic (exact) mass is 413 g/mol. The average Bonchev–Trinajstić information content (AvgIpc) is 2.90. The second-order valence-electron chi connectivity index (χ2n) is 4.55. The van der Waals surface area contributed by atoms with Crippen molar-refractivity contribution in [3.05, 3.63) is 62.6 Å². The number of halogens is 2. The summed E-state index contributed by atoms with van der Waals surface area (Å²) in [5.41, 5.74) is 1.30. The van der Waals surface area contributed by atoms with Crippen molar-refractivity contribution in [1.82, 2.24) is 4.37 Å². The molecule has 0 spiro atoms. The first-order valence-corrected chi connectivity index (χ1v) is 7.95. The largest absolute Gasteiger partial charge is 0.478 e. The molecule has 3 nitrogen and oxygen atoms in total. The molecule has 0 saturated carbocycles. The van der Waals surface area contributed by atoms with Gasteiger partial charge in [0, 0.05) is 21.6 Å². The zero-order chi connectivity index (χ0) is 15.0. The normalized spacial score (nSPS) is 11.0. The molecule has 3 aromatic rings. The standard InChI is InChI=1S/C15H9FINO2S/c16-13-6-10(17)3-1-8(13)5-12-11(15(19)20)4-2-9-7-18-21-14(9)12/h1-4,6-7H,5H2,(H,19,20). The van der Waals surface area contributed by atoms with Gasteiger partial charge in [0.05, 0.1) is 10.3 Å². The second-order valence-corrected chi connectivity index (χ2v) is 6.60. The highest BCUT2D eigenvalue weighted by atomic mass is 127. The third-order valence-corrected chi connectivity index (χ3v) is 4.79. The highest BCUT2D eigenvalue weighted by Crippen LogP contribution is 2.29. The quantitative estimate of drug-likeness (QED) is 0.651. The summed E-state index contributed by atoms with van der Waals surface area (Å²) >= 11 is 3.28. The molecule has 0 fully saturated rings. The van der Waals surface area contributed by atoms with Gasteiger partial charge in [-0.1, -0.05) is 12.1 Å². The van der Waals surface area contributed by atoms with Gasteiger partial charge in [0.25, 0.3) is 0 Å². The Kier molecular flexibility index (Phi) is 3.90. The molecule has 2 aromatic carbocycles. The Labute approximate surface area is 137 Å². The number of fused-ring (bicyclic) bond motifs is 1. The Morgan fingerprint density at radius 3 is 2.86 bits per heavy atom. The fourth-order valence-electron chi connectivity index (χ4n) is 2.22. The topological polar surface area (TPSA) is 50.2 Å². The van der Waals surface area contributed by atoms with Crippen molar-refractivity contribution in [1.29, 1.82) is 0 Å². The Morgan fingerprint density at radius 2 is 2.14 bits per heavy atom. The van der Waals surface area contributed by atoms with Crippen molar-refractivity contribution in [2.45, 2.75) is 6.42 Å². The van der Waals surface area contributed by atoms with E-state index in [0.717, 1.165) is 13.7 Å². The maximum Gasteiger partial charge on any atom is 0.336 e. The van der Waals surface area contributed by atoms with Crippen LogP contribution in [0.5, 0.6) is 0 Å². The van der Waals surface area contributed by atoms with Gasteiger partial charge in [0.15, 0.2) is 0 Å². The summed E-state index contributed by atoms with van der Waals surface area (Å²) in [6.45, 7) is 0. The van der Waals surface area contributed by atoms with E-state index in [9.17, 15) is 14.3 Å². The van der Waals surface area contributed by atoms with Gasteiger partial charge in [-0.2, -0.15) is 4.37 Å². The number of hydrogen-bond donors (Lipinski definition) is 1. The molecule has 1 aromatic heterocycles. The third kappa shape index (κ3) is 2.77. The molecule has 0 atom stereocenters. The molecule has 21 heavy (non-hydrogen) atoms. The van der Waals surface area contributed by atoms with E-state index in [2.05, 4.69) is 4.37 Å².